The van der Waals surface area contributed by atoms with Gasteiger partial charge in [0.15, 0.2) is 6.61 Å². The van der Waals surface area contributed by atoms with Crippen molar-refractivity contribution in [2.45, 2.75) is 38.6 Å². The number of hydrogen-bond donors (Lipinski definition) is 1. The minimum Gasteiger partial charge on any atom is -0.497 e. The fraction of sp³-hybridized carbons (Fsp3) is 0.650. The van der Waals surface area contributed by atoms with Crippen LogP contribution in [0.15, 0.2) is 24.3 Å². The van der Waals surface area contributed by atoms with Crippen molar-refractivity contribution < 1.29 is 19.2 Å². The Labute approximate surface area is 150 Å². The fourth-order valence-electron chi connectivity index (χ4n) is 4.25. The molecule has 0 bridgehead atoms. The lowest BCUT2D eigenvalue weighted by atomic mass is 9.84. The molecule has 1 aromatic rings. The van der Waals surface area contributed by atoms with Gasteiger partial charge in [0.05, 0.1) is 39.3 Å². The molecule has 2 aliphatic rings. The molecule has 0 spiro atoms. The van der Waals surface area contributed by atoms with E-state index in [9.17, 15) is 4.79 Å². The summed E-state index contributed by atoms with van der Waals surface area (Å²) in [5.41, 5.74) is 0. The first-order valence-corrected chi connectivity index (χ1v) is 9.56. The van der Waals surface area contributed by atoms with Crippen LogP contribution >= 0.6 is 0 Å². The summed E-state index contributed by atoms with van der Waals surface area (Å²) in [6.07, 6.45) is 5.48. The average Bonchev–Trinajstić information content (AvgIpc) is 2.67. The molecule has 2 fully saturated rings. The van der Waals surface area contributed by atoms with E-state index in [2.05, 4.69) is 6.92 Å². The number of quaternary nitrogens is 1. The minimum absolute atomic E-state index is 0.0894. The van der Waals surface area contributed by atoms with E-state index in [1.54, 1.807) is 12.0 Å². The van der Waals surface area contributed by atoms with Crippen molar-refractivity contribution in [3.05, 3.63) is 24.3 Å². The normalized spacial score (nSPS) is 24.8. The molecule has 1 aliphatic carbocycles. The number of ether oxygens (including phenoxy) is 2. The molecule has 1 N–H and O–H groups in total. The molecular formula is C20H31N2O3+. The Morgan fingerprint density at radius 2 is 1.76 bits per heavy atom. The van der Waals surface area contributed by atoms with Crippen LogP contribution in [0.5, 0.6) is 11.5 Å². The van der Waals surface area contributed by atoms with Gasteiger partial charge in [0, 0.05) is 5.92 Å². The van der Waals surface area contributed by atoms with Gasteiger partial charge in [-0.2, -0.15) is 0 Å². The van der Waals surface area contributed by atoms with Crippen LogP contribution < -0.4 is 14.4 Å². The Morgan fingerprint density at radius 3 is 2.40 bits per heavy atom. The Morgan fingerprint density at radius 1 is 1.12 bits per heavy atom. The van der Waals surface area contributed by atoms with Crippen LogP contribution in [0.1, 0.15) is 32.6 Å². The summed E-state index contributed by atoms with van der Waals surface area (Å²) in [7, 11) is 1.63. The Bertz CT molecular complexity index is 553. The van der Waals surface area contributed by atoms with Crippen molar-refractivity contribution >= 4 is 5.91 Å². The number of hydrogen-bond acceptors (Lipinski definition) is 3. The summed E-state index contributed by atoms with van der Waals surface area (Å²) >= 11 is 0. The van der Waals surface area contributed by atoms with Gasteiger partial charge in [0.1, 0.15) is 11.5 Å². The van der Waals surface area contributed by atoms with Gasteiger partial charge in [-0.1, -0.05) is 13.3 Å². The zero-order chi connectivity index (χ0) is 17.6. The molecular weight excluding hydrogens is 316 g/mol. The van der Waals surface area contributed by atoms with Gasteiger partial charge in [-0.3, -0.25) is 4.79 Å². The molecule has 5 nitrogen and oxygen atoms in total. The van der Waals surface area contributed by atoms with Crippen LogP contribution in [-0.2, 0) is 4.79 Å². The van der Waals surface area contributed by atoms with Gasteiger partial charge in [-0.25, -0.2) is 0 Å². The summed E-state index contributed by atoms with van der Waals surface area (Å²) < 4.78 is 10.8. The highest BCUT2D eigenvalue weighted by Gasteiger charge is 2.33. The third kappa shape index (κ3) is 4.66. The van der Waals surface area contributed by atoms with E-state index in [4.69, 9.17) is 9.47 Å². The number of piperazine rings is 1. The van der Waals surface area contributed by atoms with Crippen molar-refractivity contribution in [1.82, 2.24) is 4.90 Å². The molecule has 1 saturated carbocycles. The van der Waals surface area contributed by atoms with E-state index < -0.39 is 0 Å². The molecule has 1 aromatic carbocycles. The average molecular weight is 347 g/mol. The maximum absolute atomic E-state index is 12.4. The van der Waals surface area contributed by atoms with Crippen molar-refractivity contribution in [1.29, 1.82) is 0 Å². The topological polar surface area (TPSA) is 43.2 Å². The number of carbonyl (C=O) groups is 1. The van der Waals surface area contributed by atoms with Gasteiger partial charge in [0.25, 0.3) is 5.91 Å². The van der Waals surface area contributed by atoms with Gasteiger partial charge in [-0.15, -0.1) is 0 Å². The molecule has 2 atom stereocenters. The molecule has 3 rings (SSSR count). The second-order valence-corrected chi connectivity index (χ2v) is 7.37. The largest absolute Gasteiger partial charge is 0.497 e. The third-order valence-electron chi connectivity index (χ3n) is 5.82. The number of amides is 1. The first-order valence-electron chi connectivity index (χ1n) is 9.56. The van der Waals surface area contributed by atoms with Crippen LogP contribution in [0.2, 0.25) is 0 Å². The summed E-state index contributed by atoms with van der Waals surface area (Å²) in [6.45, 7) is 6.36. The summed E-state index contributed by atoms with van der Waals surface area (Å²) in [4.78, 5) is 16.1. The standard InChI is InChI=1S/C20H30N2O3/c1-16-5-3-4-6-19(16)21-11-13-22(14-12-21)20(23)15-25-18-9-7-17(24-2)8-10-18/h7-10,16,19H,3-6,11-15H2,1-2H3/p+1/t16-,19+/m1/s1. The van der Waals surface area contributed by atoms with E-state index in [-0.39, 0.29) is 12.5 Å². The molecule has 0 unspecified atom stereocenters. The maximum Gasteiger partial charge on any atom is 0.260 e. The van der Waals surface area contributed by atoms with Gasteiger partial charge in [-0.05, 0) is 43.5 Å². The summed E-state index contributed by atoms with van der Waals surface area (Å²) in [5, 5.41) is 0. The highest BCUT2D eigenvalue weighted by atomic mass is 16.5. The highest BCUT2D eigenvalue weighted by molar-refractivity contribution is 5.77. The molecule has 1 amide bonds. The maximum atomic E-state index is 12.4. The fourth-order valence-corrected chi connectivity index (χ4v) is 4.25. The molecule has 5 heteroatoms. The zero-order valence-corrected chi connectivity index (χ0v) is 15.5. The summed E-state index contributed by atoms with van der Waals surface area (Å²) in [5.74, 6) is 2.40. The van der Waals surface area contributed by atoms with Gasteiger partial charge >= 0.3 is 0 Å². The monoisotopic (exact) mass is 347 g/mol. The molecule has 0 aromatic heterocycles. The predicted octanol–water partition coefficient (Wildman–Crippen LogP) is 1.38. The van der Waals surface area contributed by atoms with Gasteiger partial charge in [0.2, 0.25) is 0 Å². The molecule has 0 radical (unpaired) electrons. The number of carbonyl (C=O) groups excluding carboxylic acids is 1. The number of nitrogens with zero attached hydrogens (tertiary/aromatic N) is 1. The number of methoxy groups -OCH3 is 1. The van der Waals surface area contributed by atoms with E-state index >= 15 is 0 Å². The molecule has 1 heterocycles. The van der Waals surface area contributed by atoms with Crippen molar-refractivity contribution in [3.8, 4) is 11.5 Å². The SMILES string of the molecule is COc1ccc(OCC(=O)N2CC[NH+]([C@H]3CCCC[C@H]3C)CC2)cc1. The van der Waals surface area contributed by atoms with Crippen molar-refractivity contribution in [2.24, 2.45) is 5.92 Å². The number of rotatable bonds is 5. The van der Waals surface area contributed by atoms with Crippen LogP contribution in [0, 0.1) is 5.92 Å². The molecule has 138 valence electrons. The van der Waals surface area contributed by atoms with Gasteiger partial charge < -0.3 is 19.3 Å². The number of nitrogens with one attached hydrogen (secondary N) is 1. The smallest absolute Gasteiger partial charge is 0.260 e. The van der Waals surface area contributed by atoms with Crippen LogP contribution in [-0.4, -0.2) is 56.7 Å². The van der Waals surface area contributed by atoms with E-state index in [0.717, 1.165) is 43.9 Å². The Hall–Kier alpha value is -1.75. The lowest BCUT2D eigenvalue weighted by Gasteiger charge is -2.40. The summed E-state index contributed by atoms with van der Waals surface area (Å²) in [6, 6.07) is 8.14. The second kappa shape index (κ2) is 8.56. The first kappa shape index (κ1) is 18.1. The van der Waals surface area contributed by atoms with E-state index in [0.29, 0.717) is 5.75 Å². The van der Waals surface area contributed by atoms with Crippen LogP contribution in [0.25, 0.3) is 0 Å². The first-order chi connectivity index (χ1) is 12.2. The van der Waals surface area contributed by atoms with Crippen molar-refractivity contribution in [2.75, 3.05) is 39.9 Å². The second-order valence-electron chi connectivity index (χ2n) is 7.37. The number of benzene rings is 1. The van der Waals surface area contributed by atoms with Crippen molar-refractivity contribution in [3.63, 3.8) is 0 Å². The molecule has 25 heavy (non-hydrogen) atoms. The zero-order valence-electron chi connectivity index (χ0n) is 15.5. The Balaban J connectivity index is 1.43. The Kier molecular flexibility index (Phi) is 6.19. The minimum atomic E-state index is 0.0894. The quantitative estimate of drug-likeness (QED) is 0.875. The molecule has 1 aliphatic heterocycles. The van der Waals surface area contributed by atoms with Crippen LogP contribution in [0.4, 0.5) is 0 Å². The van der Waals surface area contributed by atoms with E-state index in [1.165, 1.54) is 25.7 Å². The molecule has 1 saturated heterocycles. The highest BCUT2D eigenvalue weighted by Crippen LogP contribution is 2.22. The lowest BCUT2D eigenvalue weighted by molar-refractivity contribution is -0.934. The van der Waals surface area contributed by atoms with E-state index in [1.807, 2.05) is 29.2 Å². The third-order valence-corrected chi connectivity index (χ3v) is 5.82. The predicted molar refractivity (Wildman–Crippen MR) is 97.2 cm³/mol. The van der Waals surface area contributed by atoms with Crippen LogP contribution in [0.3, 0.4) is 0 Å². The lowest BCUT2D eigenvalue weighted by Crippen LogP contribution is -3.19.